The van der Waals surface area contributed by atoms with Crippen LogP contribution in [-0.4, -0.2) is 26.5 Å². The molecule has 0 saturated heterocycles. The van der Waals surface area contributed by atoms with Gasteiger partial charge in [-0.2, -0.15) is 0 Å². The molecule has 2 radical (unpaired) electrons. The van der Waals surface area contributed by atoms with Gasteiger partial charge < -0.3 is 10.2 Å². The first-order valence-electron chi connectivity index (χ1n) is 10.2. The zero-order valence-corrected chi connectivity index (χ0v) is 19.0. The van der Waals surface area contributed by atoms with Crippen LogP contribution in [0.15, 0.2) is 36.4 Å². The van der Waals surface area contributed by atoms with Crippen molar-refractivity contribution in [1.82, 2.24) is 0 Å². The van der Waals surface area contributed by atoms with Crippen LogP contribution >= 0.6 is 0 Å². The zero-order chi connectivity index (χ0) is 20.7. The Bertz CT molecular complexity index is 583. The molecule has 0 unspecified atom stereocenters. The normalized spacial score (nSPS) is 9.67. The number of aryl methyl sites for hydroxylation is 4. The second-order valence-corrected chi connectivity index (χ2v) is 7.60. The SMILES string of the molecule is CCCCc1cccc(C)c1O.CCCCc1cccc(C)c1O.C[CH2][Al]. The molecule has 2 aromatic carbocycles. The first-order valence-corrected chi connectivity index (χ1v) is 11.0. The summed E-state index contributed by atoms with van der Waals surface area (Å²) < 4.78 is 0. The van der Waals surface area contributed by atoms with Crippen LogP contribution in [0.4, 0.5) is 0 Å². The number of aromatic hydroxyl groups is 2. The summed E-state index contributed by atoms with van der Waals surface area (Å²) in [6.07, 6.45) is 6.63. The summed E-state index contributed by atoms with van der Waals surface area (Å²) in [6.45, 7) is 10.3. The maximum absolute atomic E-state index is 9.62. The van der Waals surface area contributed by atoms with E-state index in [1.807, 2.05) is 50.2 Å². The number of unbranched alkanes of at least 4 members (excludes halogenated alkanes) is 2. The third-order valence-electron chi connectivity index (χ3n) is 4.24. The number of hydrogen-bond donors (Lipinski definition) is 2. The molecule has 0 bridgehead atoms. The molecule has 27 heavy (non-hydrogen) atoms. The Morgan fingerprint density at radius 2 is 1.04 bits per heavy atom. The van der Waals surface area contributed by atoms with E-state index in [1.165, 1.54) is 18.1 Å². The molecule has 0 heterocycles. The first-order chi connectivity index (χ1) is 12.9. The Labute approximate surface area is 175 Å². The van der Waals surface area contributed by atoms with E-state index in [-0.39, 0.29) is 0 Å². The van der Waals surface area contributed by atoms with Crippen LogP contribution < -0.4 is 0 Å². The molecule has 0 aliphatic heterocycles. The van der Waals surface area contributed by atoms with E-state index in [9.17, 15) is 10.2 Å². The van der Waals surface area contributed by atoms with Crippen molar-refractivity contribution in [2.45, 2.75) is 78.4 Å². The maximum Gasteiger partial charge on any atom is 0.121 e. The molecule has 2 rings (SSSR count). The number of rotatable bonds is 6. The fourth-order valence-electron chi connectivity index (χ4n) is 2.58. The molecule has 2 nitrogen and oxygen atoms in total. The van der Waals surface area contributed by atoms with Gasteiger partial charge in [0.25, 0.3) is 0 Å². The van der Waals surface area contributed by atoms with Crippen molar-refractivity contribution in [3.05, 3.63) is 58.7 Å². The van der Waals surface area contributed by atoms with E-state index in [0.717, 1.165) is 47.9 Å². The minimum absolute atomic E-state index is 0.478. The highest BCUT2D eigenvalue weighted by Crippen LogP contribution is 2.23. The molecule has 0 fully saturated rings. The highest BCUT2D eigenvalue weighted by Gasteiger charge is 2.02. The number of phenolic OH excluding ortho intramolecular Hbond substituents is 2. The van der Waals surface area contributed by atoms with Gasteiger partial charge in [0, 0.05) is 0 Å². The molecule has 3 heteroatoms. The predicted octanol–water partition coefficient (Wildman–Crippen LogP) is 6.68. The molecule has 2 aromatic rings. The van der Waals surface area contributed by atoms with Gasteiger partial charge in [-0.15, -0.1) is 5.28 Å². The lowest BCUT2D eigenvalue weighted by atomic mass is 10.0. The lowest BCUT2D eigenvalue weighted by Gasteiger charge is -2.05. The molecule has 0 amide bonds. The minimum atomic E-state index is 0.478. The molecule has 0 aliphatic carbocycles. The van der Waals surface area contributed by atoms with Gasteiger partial charge in [-0.05, 0) is 61.8 Å². The molecule has 0 aromatic heterocycles. The third kappa shape index (κ3) is 10.5. The van der Waals surface area contributed by atoms with Crippen molar-refractivity contribution in [2.24, 2.45) is 0 Å². The summed E-state index contributed by atoms with van der Waals surface area (Å²) in [7, 11) is 0. The van der Waals surface area contributed by atoms with Gasteiger partial charge in [-0.3, -0.25) is 0 Å². The maximum atomic E-state index is 9.62. The average molecular weight is 385 g/mol. The van der Waals surface area contributed by atoms with Crippen molar-refractivity contribution in [3.8, 4) is 11.5 Å². The summed E-state index contributed by atoms with van der Waals surface area (Å²) in [4.78, 5) is 0. The molecule has 0 atom stereocenters. The summed E-state index contributed by atoms with van der Waals surface area (Å²) >= 11 is 2.58. The standard InChI is InChI=1S/2C11H16O.C2H5.Al/c2*1-3-4-7-10-8-5-6-9(2)11(10)12;1-2;/h2*5-6,8,12H,3-4,7H2,1-2H3;1H2,2H3;. The fraction of sp³-hybridized carbons (Fsp3) is 0.500. The van der Waals surface area contributed by atoms with Crippen molar-refractivity contribution in [2.75, 3.05) is 0 Å². The van der Waals surface area contributed by atoms with E-state index in [4.69, 9.17) is 0 Å². The highest BCUT2D eigenvalue weighted by atomic mass is 27.0. The second-order valence-electron chi connectivity index (χ2n) is 6.78. The highest BCUT2D eigenvalue weighted by molar-refractivity contribution is 6.08. The van der Waals surface area contributed by atoms with Gasteiger partial charge in [-0.25, -0.2) is 0 Å². The molecule has 0 spiro atoms. The van der Waals surface area contributed by atoms with Crippen LogP contribution in [0.2, 0.25) is 5.28 Å². The number of para-hydroxylation sites is 2. The van der Waals surface area contributed by atoms with Crippen molar-refractivity contribution in [1.29, 1.82) is 0 Å². The van der Waals surface area contributed by atoms with E-state index < -0.39 is 0 Å². The van der Waals surface area contributed by atoms with Crippen molar-refractivity contribution in [3.63, 3.8) is 0 Å². The lowest BCUT2D eigenvalue weighted by Crippen LogP contribution is -1.87. The molecular weight excluding hydrogens is 347 g/mol. The smallest absolute Gasteiger partial charge is 0.121 e. The molecule has 2 N–H and O–H groups in total. The number of benzene rings is 2. The van der Waals surface area contributed by atoms with Crippen LogP contribution in [0.3, 0.4) is 0 Å². The summed E-state index contributed by atoms with van der Waals surface area (Å²) in [5.41, 5.74) is 4.11. The van der Waals surface area contributed by atoms with Gasteiger partial charge in [0.15, 0.2) is 0 Å². The third-order valence-corrected chi connectivity index (χ3v) is 4.24. The second kappa shape index (κ2) is 15.6. The van der Waals surface area contributed by atoms with Crippen LogP contribution in [-0.2, 0) is 12.8 Å². The Morgan fingerprint density at radius 1 is 0.704 bits per heavy atom. The topological polar surface area (TPSA) is 40.5 Å². The molecule has 0 saturated carbocycles. The van der Waals surface area contributed by atoms with Crippen LogP contribution in [0, 0.1) is 13.8 Å². The van der Waals surface area contributed by atoms with E-state index >= 15 is 0 Å². The van der Waals surface area contributed by atoms with Crippen LogP contribution in [0.5, 0.6) is 11.5 Å². The van der Waals surface area contributed by atoms with E-state index in [0.29, 0.717) is 11.5 Å². The van der Waals surface area contributed by atoms with Crippen molar-refractivity contribution >= 4 is 16.3 Å². The van der Waals surface area contributed by atoms with Crippen molar-refractivity contribution < 1.29 is 10.2 Å². The van der Waals surface area contributed by atoms with Crippen LogP contribution in [0.1, 0.15) is 68.7 Å². The van der Waals surface area contributed by atoms with Crippen LogP contribution in [0.25, 0.3) is 0 Å². The van der Waals surface area contributed by atoms with Gasteiger partial charge >= 0.3 is 0 Å². The summed E-state index contributed by atoms with van der Waals surface area (Å²) in [6, 6.07) is 11.9. The first kappa shape index (κ1) is 25.6. The molecule has 148 valence electrons. The Balaban J connectivity index is 0.000000438. The number of hydrogen-bond acceptors (Lipinski definition) is 2. The fourth-order valence-corrected chi connectivity index (χ4v) is 2.58. The predicted molar refractivity (Wildman–Crippen MR) is 119 cm³/mol. The summed E-state index contributed by atoms with van der Waals surface area (Å²) in [5, 5.41) is 20.4. The van der Waals surface area contributed by atoms with Gasteiger partial charge in [0.2, 0.25) is 0 Å². The zero-order valence-electron chi connectivity index (χ0n) is 17.9. The van der Waals surface area contributed by atoms with Gasteiger partial charge in [0.05, 0.1) is 0 Å². The monoisotopic (exact) mass is 384 g/mol. The molecular formula is C24H37AlO2. The molecule has 0 aliphatic rings. The van der Waals surface area contributed by atoms with Gasteiger partial charge in [0.1, 0.15) is 27.8 Å². The lowest BCUT2D eigenvalue weighted by molar-refractivity contribution is 0.462. The average Bonchev–Trinajstić information content (AvgIpc) is 2.65. The summed E-state index contributed by atoms with van der Waals surface area (Å²) in [5.74, 6) is 0.955. The largest absolute Gasteiger partial charge is 0.507 e. The Morgan fingerprint density at radius 3 is 1.33 bits per heavy atom. The van der Waals surface area contributed by atoms with E-state index in [2.05, 4.69) is 37.1 Å². The Kier molecular flexibility index (Phi) is 14.8. The van der Waals surface area contributed by atoms with Gasteiger partial charge in [-0.1, -0.05) is 70.0 Å². The quantitative estimate of drug-likeness (QED) is 0.545. The number of phenols is 2. The minimum Gasteiger partial charge on any atom is -0.507 e. The van der Waals surface area contributed by atoms with E-state index in [1.54, 1.807) is 0 Å². The Hall–Kier alpha value is -1.43.